The number of nitrogens with zero attached hydrogens (tertiary/aromatic N) is 2. The number of thiazole rings is 1. The summed E-state index contributed by atoms with van der Waals surface area (Å²) in [6.45, 7) is 3.89. The van der Waals surface area contributed by atoms with Crippen LogP contribution in [0.2, 0.25) is 0 Å². The lowest BCUT2D eigenvalue weighted by Crippen LogP contribution is -2.38. The lowest BCUT2D eigenvalue weighted by Gasteiger charge is -2.16. The zero-order valence-electron chi connectivity index (χ0n) is 12.2. The molecule has 0 aliphatic carbocycles. The molecule has 0 saturated carbocycles. The molecule has 2 N–H and O–H groups in total. The van der Waals surface area contributed by atoms with E-state index in [0.29, 0.717) is 32.0 Å². The molecule has 2 amide bonds. The molecule has 116 valence electrons. The number of aliphatic carboxylic acids is 1. The summed E-state index contributed by atoms with van der Waals surface area (Å²) >= 11 is 1.62. The fourth-order valence-electron chi connectivity index (χ4n) is 2.44. The van der Waals surface area contributed by atoms with Crippen LogP contribution in [-0.2, 0) is 17.8 Å². The standard InChI is InChI=1S/C14H21N3O3S/c1-2-11-7-15-12(21-11)8-16-14(20)17-6-5-10(9-17)3-4-13(18)19/h7,10H,2-6,8-9H2,1H3,(H,16,20)(H,18,19). The maximum Gasteiger partial charge on any atom is 0.317 e. The number of carbonyl (C=O) groups excluding carboxylic acids is 1. The topological polar surface area (TPSA) is 82.5 Å². The number of aryl methyl sites for hydroxylation is 1. The molecule has 1 aromatic heterocycles. The van der Waals surface area contributed by atoms with Crippen LogP contribution in [0.15, 0.2) is 6.20 Å². The summed E-state index contributed by atoms with van der Waals surface area (Å²) in [6, 6.07) is -0.0823. The molecule has 2 rings (SSSR count). The third kappa shape index (κ3) is 4.70. The van der Waals surface area contributed by atoms with Crippen LogP contribution in [-0.4, -0.2) is 40.1 Å². The van der Waals surface area contributed by atoms with Crippen LogP contribution in [0.4, 0.5) is 4.79 Å². The van der Waals surface area contributed by atoms with Crippen molar-refractivity contribution < 1.29 is 14.7 Å². The number of aromatic nitrogens is 1. The van der Waals surface area contributed by atoms with Gasteiger partial charge in [0.05, 0.1) is 6.54 Å². The first-order valence-corrected chi connectivity index (χ1v) is 8.08. The van der Waals surface area contributed by atoms with E-state index in [0.717, 1.165) is 17.8 Å². The summed E-state index contributed by atoms with van der Waals surface area (Å²) in [5, 5.41) is 12.5. The van der Waals surface area contributed by atoms with Crippen molar-refractivity contribution in [3.63, 3.8) is 0 Å². The molecule has 0 bridgehead atoms. The summed E-state index contributed by atoms with van der Waals surface area (Å²) in [4.78, 5) is 29.9. The zero-order valence-corrected chi connectivity index (χ0v) is 13.0. The first-order valence-electron chi connectivity index (χ1n) is 7.26. The van der Waals surface area contributed by atoms with Gasteiger partial charge in [0.1, 0.15) is 5.01 Å². The molecule has 1 fully saturated rings. The smallest absolute Gasteiger partial charge is 0.317 e. The van der Waals surface area contributed by atoms with Crippen LogP contribution in [0.1, 0.15) is 36.1 Å². The van der Waals surface area contributed by atoms with E-state index in [-0.39, 0.29) is 12.5 Å². The SMILES string of the molecule is CCc1cnc(CNC(=O)N2CCC(CCC(=O)O)C2)s1. The molecule has 1 unspecified atom stereocenters. The Hall–Kier alpha value is -1.63. The van der Waals surface area contributed by atoms with Crippen LogP contribution >= 0.6 is 11.3 Å². The van der Waals surface area contributed by atoms with E-state index < -0.39 is 5.97 Å². The van der Waals surface area contributed by atoms with Crippen LogP contribution in [0.3, 0.4) is 0 Å². The summed E-state index contributed by atoms with van der Waals surface area (Å²) in [7, 11) is 0. The van der Waals surface area contributed by atoms with Crippen molar-refractivity contribution >= 4 is 23.3 Å². The Kier molecular flexibility index (Phi) is 5.55. The Bertz CT molecular complexity index is 503. The van der Waals surface area contributed by atoms with Gasteiger partial charge in [-0.3, -0.25) is 4.79 Å². The number of hydrogen-bond donors (Lipinski definition) is 2. The molecule has 0 spiro atoms. The highest BCUT2D eigenvalue weighted by atomic mass is 32.1. The van der Waals surface area contributed by atoms with E-state index in [9.17, 15) is 9.59 Å². The minimum absolute atomic E-state index is 0.0823. The van der Waals surface area contributed by atoms with Crippen molar-refractivity contribution in [2.75, 3.05) is 13.1 Å². The van der Waals surface area contributed by atoms with Gasteiger partial charge in [0.2, 0.25) is 0 Å². The van der Waals surface area contributed by atoms with Crippen LogP contribution < -0.4 is 5.32 Å². The number of nitrogens with one attached hydrogen (secondary N) is 1. The minimum Gasteiger partial charge on any atom is -0.481 e. The number of likely N-dealkylation sites (tertiary alicyclic amines) is 1. The van der Waals surface area contributed by atoms with Gasteiger partial charge in [-0.1, -0.05) is 6.92 Å². The molecule has 1 aromatic rings. The third-order valence-corrected chi connectivity index (χ3v) is 4.82. The van der Waals surface area contributed by atoms with Crippen molar-refractivity contribution in [2.24, 2.45) is 5.92 Å². The lowest BCUT2D eigenvalue weighted by molar-refractivity contribution is -0.137. The van der Waals surface area contributed by atoms with Gasteiger partial charge in [-0.25, -0.2) is 9.78 Å². The van der Waals surface area contributed by atoms with Gasteiger partial charge in [-0.05, 0) is 25.2 Å². The summed E-state index contributed by atoms with van der Waals surface area (Å²) in [6.07, 6.45) is 4.52. The molecule has 7 heteroatoms. The molecule has 6 nitrogen and oxygen atoms in total. The molecule has 2 heterocycles. The second kappa shape index (κ2) is 7.40. The molecule has 1 aliphatic heterocycles. The summed E-state index contributed by atoms with van der Waals surface area (Å²) in [5.41, 5.74) is 0. The number of carbonyl (C=O) groups is 2. The number of carboxylic acids is 1. The molecule has 21 heavy (non-hydrogen) atoms. The van der Waals surface area contributed by atoms with Crippen LogP contribution in [0.5, 0.6) is 0 Å². The Morgan fingerprint density at radius 1 is 1.57 bits per heavy atom. The van der Waals surface area contributed by atoms with Gasteiger partial charge in [0.25, 0.3) is 0 Å². The number of rotatable bonds is 6. The first kappa shape index (κ1) is 15.8. The largest absolute Gasteiger partial charge is 0.481 e. The van der Waals surface area contributed by atoms with E-state index >= 15 is 0 Å². The van der Waals surface area contributed by atoms with E-state index in [1.54, 1.807) is 16.2 Å². The second-order valence-electron chi connectivity index (χ2n) is 5.27. The van der Waals surface area contributed by atoms with Crippen molar-refractivity contribution in [1.29, 1.82) is 0 Å². The van der Waals surface area contributed by atoms with Crippen molar-refractivity contribution in [1.82, 2.24) is 15.2 Å². The predicted molar refractivity (Wildman–Crippen MR) is 80.3 cm³/mol. The predicted octanol–water partition coefficient (Wildman–Crippen LogP) is 2.10. The van der Waals surface area contributed by atoms with Crippen molar-refractivity contribution in [3.8, 4) is 0 Å². The lowest BCUT2D eigenvalue weighted by atomic mass is 10.0. The van der Waals surface area contributed by atoms with E-state index in [4.69, 9.17) is 5.11 Å². The summed E-state index contributed by atoms with van der Waals surface area (Å²) < 4.78 is 0. The van der Waals surface area contributed by atoms with Gasteiger partial charge in [0.15, 0.2) is 0 Å². The highest BCUT2D eigenvalue weighted by Gasteiger charge is 2.26. The van der Waals surface area contributed by atoms with Gasteiger partial charge in [0, 0.05) is 30.6 Å². The Labute approximate surface area is 128 Å². The second-order valence-corrected chi connectivity index (χ2v) is 6.47. The highest BCUT2D eigenvalue weighted by molar-refractivity contribution is 7.11. The normalized spacial score (nSPS) is 18.0. The van der Waals surface area contributed by atoms with Crippen molar-refractivity contribution in [2.45, 2.75) is 39.2 Å². The molecule has 0 radical (unpaired) electrons. The van der Waals surface area contributed by atoms with Crippen LogP contribution in [0, 0.1) is 5.92 Å². The van der Waals surface area contributed by atoms with Gasteiger partial charge >= 0.3 is 12.0 Å². The van der Waals surface area contributed by atoms with Gasteiger partial charge in [-0.2, -0.15) is 0 Å². The maximum absolute atomic E-state index is 12.1. The Morgan fingerprint density at radius 2 is 2.38 bits per heavy atom. The number of urea groups is 1. The first-order chi connectivity index (χ1) is 10.1. The van der Waals surface area contributed by atoms with E-state index in [1.807, 2.05) is 6.20 Å². The number of amides is 2. The third-order valence-electron chi connectivity index (χ3n) is 3.68. The molecule has 1 atom stereocenters. The molecule has 1 aliphatic rings. The molecular weight excluding hydrogens is 290 g/mol. The quantitative estimate of drug-likeness (QED) is 0.843. The maximum atomic E-state index is 12.1. The number of carboxylic acid groups (broad SMARTS) is 1. The average molecular weight is 311 g/mol. The van der Waals surface area contributed by atoms with Gasteiger partial charge < -0.3 is 15.3 Å². The van der Waals surface area contributed by atoms with E-state index in [2.05, 4.69) is 17.2 Å². The molecular formula is C14H21N3O3S. The highest BCUT2D eigenvalue weighted by Crippen LogP contribution is 2.21. The van der Waals surface area contributed by atoms with Crippen LogP contribution in [0.25, 0.3) is 0 Å². The van der Waals surface area contributed by atoms with Gasteiger partial charge in [-0.15, -0.1) is 11.3 Å². The molecule has 1 saturated heterocycles. The Balaban J connectivity index is 1.72. The fraction of sp³-hybridized carbons (Fsp3) is 0.643. The Morgan fingerprint density at radius 3 is 3.05 bits per heavy atom. The van der Waals surface area contributed by atoms with E-state index in [1.165, 1.54) is 4.88 Å². The average Bonchev–Trinajstić information content (AvgIpc) is 3.11. The minimum atomic E-state index is -0.770. The monoisotopic (exact) mass is 311 g/mol. The molecule has 0 aromatic carbocycles. The fourth-order valence-corrected chi connectivity index (χ4v) is 3.24. The summed E-state index contributed by atoms with van der Waals surface area (Å²) in [5.74, 6) is -0.466. The zero-order chi connectivity index (χ0) is 15.2. The number of hydrogen-bond acceptors (Lipinski definition) is 4. The van der Waals surface area contributed by atoms with Crippen molar-refractivity contribution in [3.05, 3.63) is 16.1 Å².